The Labute approximate surface area is 254 Å². The number of thiol groups is 1. The molecule has 1 aliphatic carbocycles. The Kier molecular flexibility index (Phi) is 11.2. The van der Waals surface area contributed by atoms with Gasteiger partial charge in [-0.05, 0) is 53.7 Å². The van der Waals surface area contributed by atoms with Gasteiger partial charge >= 0.3 is 6.18 Å². The summed E-state index contributed by atoms with van der Waals surface area (Å²) in [5.74, 6) is -1.42. The number of alkyl halides is 3. The van der Waals surface area contributed by atoms with Gasteiger partial charge in [-0.15, -0.1) is 0 Å². The Morgan fingerprint density at radius 1 is 1.12 bits per heavy atom. The van der Waals surface area contributed by atoms with E-state index in [4.69, 9.17) is 14.5 Å². The van der Waals surface area contributed by atoms with E-state index in [2.05, 4.69) is 40.3 Å². The van der Waals surface area contributed by atoms with Gasteiger partial charge in [0.1, 0.15) is 17.5 Å². The third-order valence-electron chi connectivity index (χ3n) is 8.55. The molecule has 0 saturated carbocycles. The first kappa shape index (κ1) is 34.8. The van der Waals surface area contributed by atoms with Crippen molar-refractivity contribution >= 4 is 12.6 Å². The number of aliphatic hydroxyl groups excluding tert-OH is 1. The number of hydrogen-bond acceptors (Lipinski definition) is 5. The van der Waals surface area contributed by atoms with Crippen molar-refractivity contribution < 1.29 is 32.1 Å². The number of ether oxygens (including phenoxy) is 2. The fraction of sp³-hybridized carbons (Fsp3) is 0.667. The average Bonchev–Trinajstić information content (AvgIpc) is 3.25. The molecule has 5 rings (SSSR count). The number of aliphatic hydroxyl groups is 1. The molecule has 1 aromatic heterocycles. The van der Waals surface area contributed by atoms with Gasteiger partial charge in [0.25, 0.3) is 0 Å². The van der Waals surface area contributed by atoms with Crippen LogP contribution in [0, 0.1) is 17.2 Å². The van der Waals surface area contributed by atoms with Crippen molar-refractivity contribution in [3.05, 3.63) is 63.2 Å². The molecule has 4 nitrogen and oxygen atoms in total. The Bertz CT molecular complexity index is 1230. The highest BCUT2D eigenvalue weighted by Crippen LogP contribution is 2.59. The quantitative estimate of drug-likeness (QED) is 0.268. The predicted octanol–water partition coefficient (Wildman–Crippen LogP) is 9.09. The summed E-state index contributed by atoms with van der Waals surface area (Å²) in [6.45, 7) is 15.5. The highest BCUT2D eigenvalue weighted by Gasteiger charge is 2.55. The van der Waals surface area contributed by atoms with Gasteiger partial charge in [-0.25, -0.2) is 4.39 Å². The van der Waals surface area contributed by atoms with Gasteiger partial charge in [-0.3, -0.25) is 4.98 Å². The molecular weight excluding hydrogens is 566 g/mol. The lowest BCUT2D eigenvalue weighted by Gasteiger charge is -2.43. The van der Waals surface area contributed by atoms with Crippen molar-refractivity contribution in [2.75, 3.05) is 19.5 Å². The number of benzene rings is 1. The molecule has 42 heavy (non-hydrogen) atoms. The van der Waals surface area contributed by atoms with Gasteiger partial charge in [0, 0.05) is 41.5 Å². The zero-order valence-corrected chi connectivity index (χ0v) is 27.1. The first-order valence-corrected chi connectivity index (χ1v) is 15.9. The normalized spacial score (nSPS) is 26.1. The number of fused-ring (bicyclic) bond motifs is 4. The van der Waals surface area contributed by atoms with E-state index in [-0.39, 0.29) is 17.3 Å². The molecule has 1 fully saturated rings. The number of unbranched alkanes of at least 4 members (excludes halogenated alkanes) is 1. The van der Waals surface area contributed by atoms with Crippen LogP contribution >= 0.6 is 12.6 Å². The molecule has 2 aromatic rings. The monoisotopic (exact) mass is 613 g/mol. The van der Waals surface area contributed by atoms with Gasteiger partial charge < -0.3 is 14.6 Å². The molecule has 236 valence electrons. The molecule has 0 amide bonds. The maximum atomic E-state index is 14.7. The molecule has 3 heterocycles. The maximum absolute atomic E-state index is 14.7. The lowest BCUT2D eigenvalue weighted by atomic mass is 9.68. The standard InChI is InChI=1S/C28H33F4NO3.C4H10.CH4S/c1-14(2)24-22-23(21-19(33-24)11-26(4,5)12-20(21)34)27(8-9-35-13-15(27)3)36-25(22)16-6-7-17(18(29)10-16)28(30,31)32;1-3-4-2;1-2/h6-7,10,14-15,20,25,34H,8-9,11-13H2,1-5H3;3-4H2,1-2H3;2H,1H3. The zero-order chi connectivity index (χ0) is 31.6. The first-order chi connectivity index (χ1) is 19.7. The molecule has 3 aliphatic rings. The minimum absolute atomic E-state index is 0.0121. The van der Waals surface area contributed by atoms with Gasteiger partial charge in [-0.1, -0.05) is 67.4 Å². The van der Waals surface area contributed by atoms with Gasteiger partial charge in [0.15, 0.2) is 0 Å². The number of nitrogens with zero attached hydrogens (tertiary/aromatic N) is 1. The minimum atomic E-state index is -4.78. The molecule has 1 spiro atoms. The van der Waals surface area contributed by atoms with Crippen molar-refractivity contribution in [1.82, 2.24) is 4.98 Å². The summed E-state index contributed by atoms with van der Waals surface area (Å²) < 4.78 is 67.1. The van der Waals surface area contributed by atoms with Crippen LogP contribution in [0.1, 0.15) is 131 Å². The van der Waals surface area contributed by atoms with Crippen molar-refractivity contribution in [3.8, 4) is 0 Å². The lowest BCUT2D eigenvalue weighted by molar-refractivity contribution is -0.157. The number of aromatic nitrogens is 1. The van der Waals surface area contributed by atoms with Crippen molar-refractivity contribution in [2.45, 2.75) is 110 Å². The van der Waals surface area contributed by atoms with E-state index in [0.717, 1.165) is 40.2 Å². The van der Waals surface area contributed by atoms with E-state index in [1.807, 2.05) is 20.8 Å². The molecule has 0 radical (unpaired) electrons. The van der Waals surface area contributed by atoms with Crippen LogP contribution in [-0.4, -0.2) is 29.6 Å². The zero-order valence-electron chi connectivity index (χ0n) is 26.2. The summed E-state index contributed by atoms with van der Waals surface area (Å²) in [6.07, 6.45) is -0.193. The van der Waals surface area contributed by atoms with Gasteiger partial charge in [0.05, 0.1) is 18.3 Å². The maximum Gasteiger partial charge on any atom is 0.419 e. The topological polar surface area (TPSA) is 51.6 Å². The molecule has 1 N–H and O–H groups in total. The number of halogens is 4. The van der Waals surface area contributed by atoms with E-state index in [9.17, 15) is 22.7 Å². The van der Waals surface area contributed by atoms with Crippen molar-refractivity contribution in [2.24, 2.45) is 11.3 Å². The molecule has 4 atom stereocenters. The fourth-order valence-corrected chi connectivity index (χ4v) is 6.39. The second-order valence-corrected chi connectivity index (χ2v) is 12.7. The SMILES string of the molecule is CC(C)c1nc2c(c3c1C(c1ccc(C(F)(F)F)c(F)c1)OC31CCOCC1C)C(O)CC(C)(C)C2.CCCC.CS. The van der Waals surface area contributed by atoms with Crippen molar-refractivity contribution in [3.63, 3.8) is 0 Å². The van der Waals surface area contributed by atoms with Gasteiger partial charge in [-0.2, -0.15) is 25.8 Å². The molecule has 1 aromatic carbocycles. The minimum Gasteiger partial charge on any atom is -0.388 e. The Hall–Kier alpha value is -1.68. The predicted molar refractivity (Wildman–Crippen MR) is 161 cm³/mol. The van der Waals surface area contributed by atoms with Crippen LogP contribution in [0.15, 0.2) is 18.2 Å². The van der Waals surface area contributed by atoms with E-state index in [0.29, 0.717) is 38.0 Å². The summed E-state index contributed by atoms with van der Waals surface area (Å²) in [7, 11) is 0. The Balaban J connectivity index is 0.000000745. The molecule has 0 bridgehead atoms. The van der Waals surface area contributed by atoms with Crippen LogP contribution in [0.5, 0.6) is 0 Å². The van der Waals surface area contributed by atoms with Crippen LogP contribution in [0.25, 0.3) is 0 Å². The van der Waals surface area contributed by atoms with E-state index >= 15 is 0 Å². The van der Waals surface area contributed by atoms with Crippen LogP contribution in [0.2, 0.25) is 0 Å². The fourth-order valence-electron chi connectivity index (χ4n) is 6.39. The Morgan fingerprint density at radius 3 is 2.29 bits per heavy atom. The van der Waals surface area contributed by atoms with Crippen molar-refractivity contribution in [1.29, 1.82) is 0 Å². The second-order valence-electron chi connectivity index (χ2n) is 12.7. The van der Waals surface area contributed by atoms with Gasteiger partial charge in [0.2, 0.25) is 0 Å². The molecule has 2 aliphatic heterocycles. The molecule has 9 heteroatoms. The third-order valence-corrected chi connectivity index (χ3v) is 8.55. The lowest BCUT2D eigenvalue weighted by Crippen LogP contribution is -2.43. The summed E-state index contributed by atoms with van der Waals surface area (Å²) in [4.78, 5) is 5.04. The second kappa shape index (κ2) is 13.5. The van der Waals surface area contributed by atoms with Crippen LogP contribution < -0.4 is 0 Å². The number of rotatable bonds is 3. The Morgan fingerprint density at radius 2 is 1.76 bits per heavy atom. The summed E-state index contributed by atoms with van der Waals surface area (Å²) >= 11 is 3.53. The highest BCUT2D eigenvalue weighted by molar-refractivity contribution is 7.79. The average molecular weight is 614 g/mol. The largest absolute Gasteiger partial charge is 0.419 e. The number of pyridine rings is 1. The third kappa shape index (κ3) is 6.69. The summed E-state index contributed by atoms with van der Waals surface area (Å²) in [6, 6.07) is 3.01. The highest BCUT2D eigenvalue weighted by atomic mass is 32.1. The van der Waals surface area contributed by atoms with Crippen LogP contribution in [0.4, 0.5) is 17.6 Å². The number of hydrogen-bond donors (Lipinski definition) is 2. The first-order valence-electron chi connectivity index (χ1n) is 15.0. The molecular formula is C33H47F4NO3S. The smallest absolute Gasteiger partial charge is 0.388 e. The molecule has 1 saturated heterocycles. The van der Waals surface area contributed by atoms with E-state index in [1.54, 1.807) is 6.26 Å². The molecule has 4 unspecified atom stereocenters. The van der Waals surface area contributed by atoms with Crippen LogP contribution in [-0.2, 0) is 27.7 Å². The summed E-state index contributed by atoms with van der Waals surface area (Å²) in [5, 5.41) is 11.4. The van der Waals surface area contributed by atoms with Crippen LogP contribution in [0.3, 0.4) is 0 Å². The van der Waals surface area contributed by atoms with E-state index in [1.165, 1.54) is 18.9 Å². The van der Waals surface area contributed by atoms with E-state index < -0.39 is 35.4 Å². The summed E-state index contributed by atoms with van der Waals surface area (Å²) in [5.41, 5.74) is 2.13.